The van der Waals surface area contributed by atoms with Crippen LogP contribution in [-0.4, -0.2) is 4.21 Å². The first-order chi connectivity index (χ1) is 9.38. The van der Waals surface area contributed by atoms with E-state index in [0.29, 0.717) is 16.1 Å². The first-order valence-electron chi connectivity index (χ1n) is 5.77. The summed E-state index contributed by atoms with van der Waals surface area (Å²) in [7, 11) is -1.47. The fourth-order valence-electron chi connectivity index (χ4n) is 1.75. The molecule has 0 saturated carbocycles. The summed E-state index contributed by atoms with van der Waals surface area (Å²) in [5.41, 5.74) is 5.69. The van der Waals surface area contributed by atoms with E-state index >= 15 is 0 Å². The van der Waals surface area contributed by atoms with Crippen molar-refractivity contribution in [3.05, 3.63) is 59.7 Å². The highest BCUT2D eigenvalue weighted by molar-refractivity contribution is 7.84. The van der Waals surface area contributed by atoms with Crippen molar-refractivity contribution >= 4 is 16.5 Å². The van der Waals surface area contributed by atoms with E-state index in [1.165, 1.54) is 12.1 Å². The number of nitrogens with two attached hydrogens (primary N) is 1. The first-order valence-corrected chi connectivity index (χ1v) is 7.09. The molecule has 1 atom stereocenters. The molecule has 0 heterocycles. The Morgan fingerprint density at radius 2 is 1.75 bits per heavy atom. The van der Waals surface area contributed by atoms with Crippen molar-refractivity contribution in [3.8, 4) is 0 Å². The summed E-state index contributed by atoms with van der Waals surface area (Å²) in [4.78, 5) is 0.435. The Labute approximate surface area is 116 Å². The third kappa shape index (κ3) is 3.39. The molecule has 106 valence electrons. The Kier molecular flexibility index (Phi) is 4.13. The number of halogens is 3. The van der Waals surface area contributed by atoms with E-state index < -0.39 is 22.5 Å². The molecule has 20 heavy (non-hydrogen) atoms. The highest BCUT2D eigenvalue weighted by atomic mass is 32.2. The predicted molar refractivity (Wildman–Crippen MR) is 72.4 cm³/mol. The Balaban J connectivity index is 2.23. The van der Waals surface area contributed by atoms with Crippen LogP contribution in [0.25, 0.3) is 0 Å². The minimum absolute atomic E-state index is 0.00185. The van der Waals surface area contributed by atoms with Crippen LogP contribution in [0.15, 0.2) is 53.4 Å². The lowest BCUT2D eigenvalue weighted by Gasteiger charge is -2.09. The lowest BCUT2D eigenvalue weighted by atomic mass is 10.1. The van der Waals surface area contributed by atoms with Gasteiger partial charge in [-0.25, -0.2) is 0 Å². The molecule has 0 radical (unpaired) electrons. The summed E-state index contributed by atoms with van der Waals surface area (Å²) >= 11 is 0. The smallest absolute Gasteiger partial charge is 0.398 e. The van der Waals surface area contributed by atoms with Gasteiger partial charge in [0, 0.05) is 5.69 Å². The Morgan fingerprint density at radius 3 is 2.40 bits per heavy atom. The molecule has 2 nitrogen and oxygen atoms in total. The summed E-state index contributed by atoms with van der Waals surface area (Å²) in [6.45, 7) is 0. The molecule has 0 aromatic heterocycles. The molecule has 2 aromatic rings. The maximum Gasteiger partial charge on any atom is 0.416 e. The molecule has 6 heteroatoms. The third-order valence-corrected chi connectivity index (χ3v) is 4.17. The van der Waals surface area contributed by atoms with E-state index in [1.807, 2.05) is 0 Å². The largest absolute Gasteiger partial charge is 0.416 e. The van der Waals surface area contributed by atoms with E-state index in [2.05, 4.69) is 0 Å². The standard InChI is InChI=1S/C14H12F3NOS/c15-14(16,17)11-5-3-4-10(8-11)9-20(19)13-7-2-1-6-12(13)18/h1-8H,9,18H2. The maximum atomic E-state index is 12.6. The number of nitrogen functional groups attached to an aromatic ring is 1. The summed E-state index contributed by atoms with van der Waals surface area (Å²) in [6.07, 6.45) is -4.40. The van der Waals surface area contributed by atoms with Crippen molar-refractivity contribution in [3.63, 3.8) is 0 Å². The molecule has 0 spiro atoms. The second-order valence-corrected chi connectivity index (χ2v) is 5.65. The normalized spacial score (nSPS) is 13.2. The van der Waals surface area contributed by atoms with Crippen LogP contribution in [0.5, 0.6) is 0 Å². The van der Waals surface area contributed by atoms with E-state index in [-0.39, 0.29) is 5.75 Å². The van der Waals surface area contributed by atoms with Gasteiger partial charge in [-0.2, -0.15) is 13.2 Å². The summed E-state index contributed by atoms with van der Waals surface area (Å²) < 4.78 is 49.9. The van der Waals surface area contributed by atoms with Crippen LogP contribution in [0.4, 0.5) is 18.9 Å². The van der Waals surface area contributed by atoms with Crippen LogP contribution in [0.2, 0.25) is 0 Å². The number of rotatable bonds is 3. The van der Waals surface area contributed by atoms with E-state index in [0.717, 1.165) is 12.1 Å². The monoisotopic (exact) mass is 299 g/mol. The SMILES string of the molecule is Nc1ccccc1S(=O)Cc1cccc(C(F)(F)F)c1. The Bertz CT molecular complexity index is 640. The van der Waals surface area contributed by atoms with Crippen LogP contribution in [-0.2, 0) is 22.7 Å². The fourth-order valence-corrected chi connectivity index (χ4v) is 2.95. The number of benzene rings is 2. The average molecular weight is 299 g/mol. The lowest BCUT2D eigenvalue weighted by molar-refractivity contribution is -0.137. The van der Waals surface area contributed by atoms with Crippen molar-refractivity contribution in [2.24, 2.45) is 0 Å². The van der Waals surface area contributed by atoms with Crippen molar-refractivity contribution < 1.29 is 17.4 Å². The maximum absolute atomic E-state index is 12.6. The second kappa shape index (κ2) is 5.66. The number of anilines is 1. The van der Waals surface area contributed by atoms with Gasteiger partial charge in [0.15, 0.2) is 0 Å². The zero-order valence-electron chi connectivity index (χ0n) is 10.4. The van der Waals surface area contributed by atoms with Gasteiger partial charge in [0.05, 0.1) is 27.0 Å². The minimum Gasteiger partial charge on any atom is -0.398 e. The van der Waals surface area contributed by atoms with Gasteiger partial charge in [-0.1, -0.05) is 30.3 Å². The van der Waals surface area contributed by atoms with Gasteiger partial charge in [0.1, 0.15) is 0 Å². The van der Waals surface area contributed by atoms with Gasteiger partial charge >= 0.3 is 6.18 Å². The van der Waals surface area contributed by atoms with Crippen molar-refractivity contribution in [2.75, 3.05) is 5.73 Å². The second-order valence-electron chi connectivity index (χ2n) is 4.23. The van der Waals surface area contributed by atoms with Gasteiger partial charge in [-0.3, -0.25) is 4.21 Å². The summed E-state index contributed by atoms with van der Waals surface area (Å²) in [5.74, 6) is -0.00185. The molecular formula is C14H12F3NOS. The Morgan fingerprint density at radius 1 is 1.05 bits per heavy atom. The highest BCUT2D eigenvalue weighted by Crippen LogP contribution is 2.30. The van der Waals surface area contributed by atoms with Crippen LogP contribution < -0.4 is 5.73 Å². The van der Waals surface area contributed by atoms with E-state index in [1.54, 1.807) is 24.3 Å². The van der Waals surface area contributed by atoms with E-state index in [4.69, 9.17) is 5.73 Å². The Hall–Kier alpha value is -1.82. The van der Waals surface area contributed by atoms with Gasteiger partial charge in [0.2, 0.25) is 0 Å². The summed E-state index contributed by atoms with van der Waals surface area (Å²) in [5, 5.41) is 0. The molecule has 0 aliphatic heterocycles. The topological polar surface area (TPSA) is 43.1 Å². The molecule has 0 amide bonds. The van der Waals surface area contributed by atoms with Gasteiger partial charge < -0.3 is 5.73 Å². The van der Waals surface area contributed by atoms with E-state index in [9.17, 15) is 17.4 Å². The quantitative estimate of drug-likeness (QED) is 0.880. The van der Waals surface area contributed by atoms with Gasteiger partial charge in [-0.15, -0.1) is 0 Å². The van der Waals surface area contributed by atoms with Crippen LogP contribution in [0.1, 0.15) is 11.1 Å². The highest BCUT2D eigenvalue weighted by Gasteiger charge is 2.30. The molecule has 2 N–H and O–H groups in total. The molecule has 1 unspecified atom stereocenters. The predicted octanol–water partition coefficient (Wildman–Crippen LogP) is 3.60. The van der Waals surface area contributed by atoms with Crippen molar-refractivity contribution in [1.29, 1.82) is 0 Å². The van der Waals surface area contributed by atoms with Gasteiger partial charge in [0.25, 0.3) is 0 Å². The molecule has 2 rings (SSSR count). The van der Waals surface area contributed by atoms with Crippen LogP contribution >= 0.6 is 0 Å². The molecule has 0 saturated heterocycles. The zero-order valence-corrected chi connectivity index (χ0v) is 11.2. The number of hydrogen-bond acceptors (Lipinski definition) is 2. The zero-order chi connectivity index (χ0) is 14.8. The first kappa shape index (κ1) is 14.6. The number of hydrogen-bond donors (Lipinski definition) is 1. The van der Waals surface area contributed by atoms with Crippen molar-refractivity contribution in [2.45, 2.75) is 16.8 Å². The third-order valence-electron chi connectivity index (χ3n) is 2.72. The molecule has 2 aromatic carbocycles. The average Bonchev–Trinajstić information content (AvgIpc) is 2.38. The number of para-hydroxylation sites is 1. The molecule has 0 aliphatic carbocycles. The lowest BCUT2D eigenvalue weighted by Crippen LogP contribution is -2.06. The van der Waals surface area contributed by atoms with Crippen LogP contribution in [0, 0.1) is 0 Å². The number of alkyl halides is 3. The van der Waals surface area contributed by atoms with Crippen molar-refractivity contribution in [1.82, 2.24) is 0 Å². The molecule has 0 aliphatic rings. The molecule has 0 fully saturated rings. The van der Waals surface area contributed by atoms with Crippen LogP contribution in [0.3, 0.4) is 0 Å². The minimum atomic E-state index is -4.40. The molecular weight excluding hydrogens is 287 g/mol. The molecule has 0 bridgehead atoms. The summed E-state index contributed by atoms with van der Waals surface area (Å²) in [6, 6.07) is 11.4. The van der Waals surface area contributed by atoms with Gasteiger partial charge in [-0.05, 0) is 23.8 Å². The fraction of sp³-hybridized carbons (Fsp3) is 0.143.